The number of halogens is 4. The van der Waals surface area contributed by atoms with E-state index < -0.39 is 11.7 Å². The molecule has 0 saturated carbocycles. The van der Waals surface area contributed by atoms with Crippen LogP contribution in [0.5, 0.6) is 0 Å². The summed E-state index contributed by atoms with van der Waals surface area (Å²) in [7, 11) is 1.37. The van der Waals surface area contributed by atoms with Gasteiger partial charge in [-0.3, -0.25) is 9.98 Å². The molecule has 0 fully saturated rings. The van der Waals surface area contributed by atoms with Gasteiger partial charge in [-0.05, 0) is 18.2 Å². The van der Waals surface area contributed by atoms with Crippen molar-refractivity contribution in [1.82, 2.24) is 9.97 Å². The summed E-state index contributed by atoms with van der Waals surface area (Å²) in [5.41, 5.74) is -0.459. The average Bonchev–Trinajstić information content (AvgIpc) is 2.40. The van der Waals surface area contributed by atoms with Crippen LogP contribution in [0.1, 0.15) is 11.1 Å². The molecule has 2 rings (SSSR count). The zero-order chi connectivity index (χ0) is 14.8. The van der Waals surface area contributed by atoms with Gasteiger partial charge in [-0.25, -0.2) is 4.98 Å². The van der Waals surface area contributed by atoms with Gasteiger partial charge >= 0.3 is 6.18 Å². The van der Waals surface area contributed by atoms with Gasteiger partial charge in [0, 0.05) is 36.8 Å². The number of hydrogen-bond acceptors (Lipinski definition) is 3. The van der Waals surface area contributed by atoms with Gasteiger partial charge in [0.05, 0.1) is 11.3 Å². The fraction of sp³-hybridized carbons (Fsp3) is 0.154. The van der Waals surface area contributed by atoms with Crippen LogP contribution in [-0.2, 0) is 6.18 Å². The lowest BCUT2D eigenvalue weighted by Gasteiger charge is -2.13. The molecule has 0 aliphatic heterocycles. The van der Waals surface area contributed by atoms with Crippen molar-refractivity contribution in [1.29, 1.82) is 0 Å². The Kier molecular flexibility index (Phi) is 4.04. The van der Waals surface area contributed by atoms with E-state index in [2.05, 4.69) is 15.0 Å². The molecule has 0 N–H and O–H groups in total. The Bertz CT molecular complexity index is 639. The molecular weight excluding hydrogens is 291 g/mol. The van der Waals surface area contributed by atoms with Crippen LogP contribution in [-0.4, -0.2) is 23.2 Å². The smallest absolute Gasteiger partial charge is 0.296 e. The SMILES string of the molecule is CN=Cc1c(C(F)(F)F)cc(-c2ccncc2)nc1Cl. The molecule has 0 aromatic carbocycles. The molecule has 104 valence electrons. The molecule has 0 aliphatic carbocycles. The van der Waals surface area contributed by atoms with E-state index >= 15 is 0 Å². The van der Waals surface area contributed by atoms with Crippen LogP contribution < -0.4 is 0 Å². The van der Waals surface area contributed by atoms with Crippen molar-refractivity contribution in [2.24, 2.45) is 4.99 Å². The van der Waals surface area contributed by atoms with E-state index in [1.165, 1.54) is 19.4 Å². The number of aromatic nitrogens is 2. The third-order valence-corrected chi connectivity index (χ3v) is 2.84. The second-order valence-electron chi connectivity index (χ2n) is 3.88. The molecule has 0 aliphatic rings. The molecule has 0 unspecified atom stereocenters. The van der Waals surface area contributed by atoms with Gasteiger partial charge in [0.25, 0.3) is 0 Å². The van der Waals surface area contributed by atoms with Crippen molar-refractivity contribution in [3.8, 4) is 11.3 Å². The van der Waals surface area contributed by atoms with Crippen LogP contribution in [0.2, 0.25) is 5.15 Å². The summed E-state index contributed by atoms with van der Waals surface area (Å²) in [6.07, 6.45) is -0.543. The first-order chi connectivity index (χ1) is 9.43. The molecule has 0 radical (unpaired) electrons. The summed E-state index contributed by atoms with van der Waals surface area (Å²) >= 11 is 5.85. The van der Waals surface area contributed by atoms with E-state index in [0.717, 1.165) is 12.3 Å². The number of rotatable bonds is 2. The van der Waals surface area contributed by atoms with E-state index in [9.17, 15) is 13.2 Å². The van der Waals surface area contributed by atoms with E-state index in [4.69, 9.17) is 11.6 Å². The lowest BCUT2D eigenvalue weighted by Crippen LogP contribution is -2.11. The Hall–Kier alpha value is -1.95. The fourth-order valence-corrected chi connectivity index (χ4v) is 1.92. The molecule has 0 spiro atoms. The highest BCUT2D eigenvalue weighted by Crippen LogP contribution is 2.36. The third-order valence-electron chi connectivity index (χ3n) is 2.55. The molecular formula is C13H9ClF3N3. The number of hydrogen-bond donors (Lipinski definition) is 0. The number of alkyl halides is 3. The highest BCUT2D eigenvalue weighted by atomic mass is 35.5. The van der Waals surface area contributed by atoms with Crippen LogP contribution >= 0.6 is 11.6 Å². The predicted molar refractivity (Wildman–Crippen MR) is 71.0 cm³/mol. The molecule has 2 heterocycles. The second-order valence-corrected chi connectivity index (χ2v) is 4.24. The highest BCUT2D eigenvalue weighted by Gasteiger charge is 2.35. The summed E-state index contributed by atoms with van der Waals surface area (Å²) < 4.78 is 39.3. The topological polar surface area (TPSA) is 38.1 Å². The van der Waals surface area contributed by atoms with Crippen LogP contribution in [0, 0.1) is 0 Å². The molecule has 2 aromatic heterocycles. The summed E-state index contributed by atoms with van der Waals surface area (Å²) in [4.78, 5) is 11.4. The molecule has 0 amide bonds. The molecule has 0 atom stereocenters. The maximum Gasteiger partial charge on any atom is 0.417 e. The van der Waals surface area contributed by atoms with Crippen LogP contribution in [0.25, 0.3) is 11.3 Å². The minimum atomic E-state index is -4.54. The van der Waals surface area contributed by atoms with E-state index in [0.29, 0.717) is 5.56 Å². The highest BCUT2D eigenvalue weighted by molar-refractivity contribution is 6.32. The Morgan fingerprint density at radius 1 is 1.25 bits per heavy atom. The second kappa shape index (κ2) is 5.58. The first-order valence-electron chi connectivity index (χ1n) is 5.53. The van der Waals surface area contributed by atoms with Crippen molar-refractivity contribution >= 4 is 17.8 Å². The Morgan fingerprint density at radius 2 is 1.90 bits per heavy atom. The lowest BCUT2D eigenvalue weighted by atomic mass is 10.1. The first-order valence-corrected chi connectivity index (χ1v) is 5.91. The fourth-order valence-electron chi connectivity index (χ4n) is 1.68. The van der Waals surface area contributed by atoms with Gasteiger partial charge in [-0.15, -0.1) is 0 Å². The van der Waals surface area contributed by atoms with Gasteiger partial charge in [0.15, 0.2) is 0 Å². The molecule has 3 nitrogen and oxygen atoms in total. The third kappa shape index (κ3) is 2.96. The molecule has 20 heavy (non-hydrogen) atoms. The minimum Gasteiger partial charge on any atom is -0.296 e. The maximum atomic E-state index is 13.1. The monoisotopic (exact) mass is 299 g/mol. The van der Waals surface area contributed by atoms with Crippen LogP contribution in [0.3, 0.4) is 0 Å². The Labute approximate surface area is 118 Å². The molecule has 7 heteroatoms. The summed E-state index contributed by atoms with van der Waals surface area (Å²) in [6.45, 7) is 0. The largest absolute Gasteiger partial charge is 0.417 e. The number of aliphatic imine (C=N–C) groups is 1. The summed E-state index contributed by atoms with van der Waals surface area (Å²) in [5, 5.41) is -0.239. The number of pyridine rings is 2. The normalized spacial score (nSPS) is 12.1. The zero-order valence-electron chi connectivity index (χ0n) is 10.3. The molecule has 0 bridgehead atoms. The quantitative estimate of drug-likeness (QED) is 0.624. The van der Waals surface area contributed by atoms with E-state index in [1.54, 1.807) is 12.1 Å². The van der Waals surface area contributed by atoms with Crippen LogP contribution in [0.4, 0.5) is 13.2 Å². The molecule has 2 aromatic rings. The van der Waals surface area contributed by atoms with Gasteiger partial charge < -0.3 is 0 Å². The van der Waals surface area contributed by atoms with Gasteiger partial charge in [-0.1, -0.05) is 11.6 Å². The predicted octanol–water partition coefficient (Wildman–Crippen LogP) is 3.86. The lowest BCUT2D eigenvalue weighted by molar-refractivity contribution is -0.137. The Morgan fingerprint density at radius 3 is 2.45 bits per heavy atom. The van der Waals surface area contributed by atoms with E-state index in [1.807, 2.05) is 0 Å². The van der Waals surface area contributed by atoms with Crippen molar-refractivity contribution in [3.63, 3.8) is 0 Å². The summed E-state index contributed by atoms with van der Waals surface area (Å²) in [6, 6.07) is 4.08. The van der Waals surface area contributed by atoms with Crippen LogP contribution in [0.15, 0.2) is 35.6 Å². The first kappa shape index (κ1) is 14.5. The van der Waals surface area contributed by atoms with Crippen molar-refractivity contribution in [3.05, 3.63) is 46.9 Å². The van der Waals surface area contributed by atoms with Crippen molar-refractivity contribution in [2.75, 3.05) is 7.05 Å². The standard InChI is InChI=1S/C13H9ClF3N3/c1-18-7-9-10(13(15,16)17)6-11(20-12(9)14)8-2-4-19-5-3-8/h2-7H,1H3. The number of nitrogens with zero attached hydrogens (tertiary/aromatic N) is 3. The Balaban J connectivity index is 2.67. The van der Waals surface area contributed by atoms with Gasteiger partial charge in [0.1, 0.15) is 5.15 Å². The summed E-state index contributed by atoms with van der Waals surface area (Å²) in [5.74, 6) is 0. The van der Waals surface area contributed by atoms with Crippen molar-refractivity contribution in [2.45, 2.75) is 6.18 Å². The average molecular weight is 300 g/mol. The maximum absolute atomic E-state index is 13.1. The van der Waals surface area contributed by atoms with Gasteiger partial charge in [-0.2, -0.15) is 13.2 Å². The zero-order valence-corrected chi connectivity index (χ0v) is 11.1. The van der Waals surface area contributed by atoms with Gasteiger partial charge in [0.2, 0.25) is 0 Å². The molecule has 0 saturated heterocycles. The minimum absolute atomic E-state index is 0.137. The van der Waals surface area contributed by atoms with Crippen molar-refractivity contribution < 1.29 is 13.2 Å². The van der Waals surface area contributed by atoms with E-state index in [-0.39, 0.29) is 16.4 Å².